The van der Waals surface area contributed by atoms with E-state index in [0.29, 0.717) is 0 Å². The van der Waals surface area contributed by atoms with Crippen LogP contribution in [-0.4, -0.2) is 9.97 Å². The SMILES string of the molecule is Cc1ncoc1C(N)Cc1c[nH]c2ccccc12. The molecule has 0 amide bonds. The maximum Gasteiger partial charge on any atom is 0.181 e. The smallest absolute Gasteiger partial charge is 0.181 e. The van der Waals surface area contributed by atoms with Gasteiger partial charge in [-0.25, -0.2) is 4.98 Å². The van der Waals surface area contributed by atoms with Gasteiger partial charge >= 0.3 is 0 Å². The molecular weight excluding hydrogens is 226 g/mol. The Hall–Kier alpha value is -2.07. The first-order valence-corrected chi connectivity index (χ1v) is 5.96. The van der Waals surface area contributed by atoms with Gasteiger partial charge in [0, 0.05) is 17.1 Å². The number of aromatic amines is 1. The third kappa shape index (κ3) is 1.80. The van der Waals surface area contributed by atoms with Crippen molar-refractivity contribution < 1.29 is 4.42 Å². The van der Waals surface area contributed by atoms with Gasteiger partial charge < -0.3 is 15.1 Å². The first kappa shape index (κ1) is 11.0. The monoisotopic (exact) mass is 241 g/mol. The van der Waals surface area contributed by atoms with Gasteiger partial charge in [0.25, 0.3) is 0 Å². The molecule has 3 rings (SSSR count). The number of rotatable bonds is 3. The van der Waals surface area contributed by atoms with E-state index in [1.165, 1.54) is 17.3 Å². The van der Waals surface area contributed by atoms with Crippen LogP contribution in [0.4, 0.5) is 0 Å². The molecule has 0 saturated carbocycles. The van der Waals surface area contributed by atoms with Gasteiger partial charge in [-0.1, -0.05) is 18.2 Å². The number of aromatic nitrogens is 2. The molecule has 0 fully saturated rings. The first-order chi connectivity index (χ1) is 8.75. The number of nitrogens with one attached hydrogen (secondary N) is 1. The van der Waals surface area contributed by atoms with E-state index in [1.54, 1.807) is 0 Å². The van der Waals surface area contributed by atoms with Crippen molar-refractivity contribution in [2.75, 3.05) is 0 Å². The van der Waals surface area contributed by atoms with Crippen molar-refractivity contribution in [3.63, 3.8) is 0 Å². The molecule has 0 bridgehead atoms. The molecule has 0 aliphatic rings. The van der Waals surface area contributed by atoms with Crippen LogP contribution in [0.5, 0.6) is 0 Å². The predicted octanol–water partition coefficient (Wildman–Crippen LogP) is 2.71. The van der Waals surface area contributed by atoms with E-state index in [2.05, 4.69) is 22.1 Å². The van der Waals surface area contributed by atoms with Gasteiger partial charge in [-0.05, 0) is 25.0 Å². The number of nitrogens with two attached hydrogens (primary N) is 1. The van der Waals surface area contributed by atoms with Crippen LogP contribution in [0.15, 0.2) is 41.3 Å². The first-order valence-electron chi connectivity index (χ1n) is 5.96. The van der Waals surface area contributed by atoms with Crippen molar-refractivity contribution in [2.45, 2.75) is 19.4 Å². The zero-order valence-corrected chi connectivity index (χ0v) is 10.2. The number of hydrogen-bond acceptors (Lipinski definition) is 3. The summed E-state index contributed by atoms with van der Waals surface area (Å²) < 4.78 is 5.34. The van der Waals surface area contributed by atoms with Gasteiger partial charge in [0.2, 0.25) is 0 Å². The van der Waals surface area contributed by atoms with Crippen LogP contribution in [0.3, 0.4) is 0 Å². The second-order valence-electron chi connectivity index (χ2n) is 4.47. The number of fused-ring (bicyclic) bond motifs is 1. The summed E-state index contributed by atoms with van der Waals surface area (Å²) in [5, 5.41) is 1.21. The standard InChI is InChI=1S/C14H15N3O/c1-9-14(18-8-17-9)12(15)6-10-7-16-13-5-3-2-4-11(10)13/h2-5,7-8,12,16H,6,15H2,1H3. The average Bonchev–Trinajstić information content (AvgIpc) is 2.97. The summed E-state index contributed by atoms with van der Waals surface area (Å²) in [6, 6.07) is 8.05. The van der Waals surface area contributed by atoms with E-state index in [9.17, 15) is 0 Å². The quantitative estimate of drug-likeness (QED) is 0.740. The highest BCUT2D eigenvalue weighted by Gasteiger charge is 2.15. The fourth-order valence-corrected chi connectivity index (χ4v) is 2.30. The Balaban J connectivity index is 1.91. The lowest BCUT2D eigenvalue weighted by molar-refractivity contribution is 0.459. The van der Waals surface area contributed by atoms with Crippen molar-refractivity contribution in [3.8, 4) is 0 Å². The Morgan fingerprint density at radius 3 is 3.00 bits per heavy atom. The Labute approximate surface area is 105 Å². The van der Waals surface area contributed by atoms with Gasteiger partial charge in [0.15, 0.2) is 6.39 Å². The molecule has 2 aromatic heterocycles. The Bertz CT molecular complexity index is 668. The summed E-state index contributed by atoms with van der Waals surface area (Å²) in [4.78, 5) is 7.33. The maximum absolute atomic E-state index is 6.17. The molecule has 4 nitrogen and oxygen atoms in total. The van der Waals surface area contributed by atoms with Crippen LogP contribution in [0.1, 0.15) is 23.1 Å². The summed E-state index contributed by atoms with van der Waals surface area (Å²) in [6.07, 6.45) is 4.19. The van der Waals surface area contributed by atoms with Crippen molar-refractivity contribution >= 4 is 10.9 Å². The lowest BCUT2D eigenvalue weighted by atomic mass is 10.0. The minimum atomic E-state index is -0.160. The predicted molar refractivity (Wildman–Crippen MR) is 70.2 cm³/mol. The molecule has 2 heterocycles. The van der Waals surface area contributed by atoms with Gasteiger partial charge in [-0.3, -0.25) is 0 Å². The molecule has 0 spiro atoms. The summed E-state index contributed by atoms with van der Waals surface area (Å²) in [7, 11) is 0. The molecule has 4 heteroatoms. The summed E-state index contributed by atoms with van der Waals surface area (Å²) in [5.74, 6) is 0.764. The highest BCUT2D eigenvalue weighted by atomic mass is 16.3. The highest BCUT2D eigenvalue weighted by Crippen LogP contribution is 2.24. The number of oxazole rings is 1. The Morgan fingerprint density at radius 2 is 2.22 bits per heavy atom. The van der Waals surface area contributed by atoms with Crippen LogP contribution in [0, 0.1) is 6.92 Å². The average molecular weight is 241 g/mol. The second-order valence-corrected chi connectivity index (χ2v) is 4.47. The fraction of sp³-hybridized carbons (Fsp3) is 0.214. The molecule has 0 aliphatic carbocycles. The lowest BCUT2D eigenvalue weighted by Crippen LogP contribution is -2.13. The molecule has 92 valence electrons. The van der Waals surface area contributed by atoms with E-state index < -0.39 is 0 Å². The van der Waals surface area contributed by atoms with Crippen LogP contribution in [-0.2, 0) is 6.42 Å². The zero-order valence-electron chi connectivity index (χ0n) is 10.2. The minimum Gasteiger partial charge on any atom is -0.447 e. The third-order valence-corrected chi connectivity index (χ3v) is 3.23. The van der Waals surface area contributed by atoms with Gasteiger partial charge in [0.05, 0.1) is 11.7 Å². The number of nitrogens with zero attached hydrogens (tertiary/aromatic N) is 1. The number of aryl methyl sites for hydroxylation is 1. The van der Waals surface area contributed by atoms with Crippen molar-refractivity contribution in [1.82, 2.24) is 9.97 Å². The molecule has 1 aromatic carbocycles. The normalized spacial score (nSPS) is 13.0. The van der Waals surface area contributed by atoms with Gasteiger partial charge in [0.1, 0.15) is 5.76 Å². The van der Waals surface area contributed by atoms with E-state index in [4.69, 9.17) is 10.2 Å². The molecular formula is C14H15N3O. The van der Waals surface area contributed by atoms with E-state index in [0.717, 1.165) is 23.4 Å². The van der Waals surface area contributed by atoms with Crippen LogP contribution in [0.25, 0.3) is 10.9 Å². The third-order valence-electron chi connectivity index (χ3n) is 3.23. The Morgan fingerprint density at radius 1 is 1.39 bits per heavy atom. The molecule has 0 radical (unpaired) electrons. The summed E-state index contributed by atoms with van der Waals surface area (Å²) >= 11 is 0. The molecule has 0 saturated heterocycles. The van der Waals surface area contributed by atoms with Gasteiger partial charge in [-0.2, -0.15) is 0 Å². The number of H-pyrrole nitrogens is 1. The molecule has 3 N–H and O–H groups in total. The molecule has 0 aliphatic heterocycles. The number of hydrogen-bond donors (Lipinski definition) is 2. The van der Waals surface area contributed by atoms with E-state index >= 15 is 0 Å². The van der Waals surface area contributed by atoms with Crippen molar-refractivity contribution in [1.29, 1.82) is 0 Å². The zero-order chi connectivity index (χ0) is 12.5. The Kier molecular flexibility index (Phi) is 2.64. The van der Waals surface area contributed by atoms with Gasteiger partial charge in [-0.15, -0.1) is 0 Å². The minimum absolute atomic E-state index is 0.160. The van der Waals surface area contributed by atoms with Crippen LogP contribution in [0.2, 0.25) is 0 Å². The molecule has 3 aromatic rings. The fourth-order valence-electron chi connectivity index (χ4n) is 2.30. The summed E-state index contributed by atoms with van der Waals surface area (Å²) in [6.45, 7) is 1.91. The van der Waals surface area contributed by atoms with E-state index in [1.807, 2.05) is 25.3 Å². The summed E-state index contributed by atoms with van der Waals surface area (Å²) in [5.41, 5.74) is 9.37. The van der Waals surface area contributed by atoms with E-state index in [-0.39, 0.29) is 6.04 Å². The molecule has 1 unspecified atom stereocenters. The topological polar surface area (TPSA) is 67.8 Å². The van der Waals surface area contributed by atoms with Crippen LogP contribution < -0.4 is 5.73 Å². The van der Waals surface area contributed by atoms with Crippen molar-refractivity contribution in [3.05, 3.63) is 53.9 Å². The van der Waals surface area contributed by atoms with Crippen molar-refractivity contribution in [2.24, 2.45) is 5.73 Å². The number of benzene rings is 1. The lowest BCUT2D eigenvalue weighted by Gasteiger charge is -2.08. The van der Waals surface area contributed by atoms with Crippen LogP contribution >= 0.6 is 0 Å². The second kappa shape index (κ2) is 4.31. The largest absolute Gasteiger partial charge is 0.447 e. The number of para-hydroxylation sites is 1. The maximum atomic E-state index is 6.17. The molecule has 18 heavy (non-hydrogen) atoms. The molecule has 1 atom stereocenters. The highest BCUT2D eigenvalue weighted by molar-refractivity contribution is 5.83.